The first-order chi connectivity index (χ1) is 9.33. The standard InChI is InChI=1S/C14H11N5/c1-19-12-5-3-2-4-9(12)13(18-19)10-8-11-14(17-10)16-7-6-15-11/h2-8H,1H3,(H,16,17). The number of hydrogen-bond donors (Lipinski definition) is 1. The van der Waals surface area contributed by atoms with Crippen LogP contribution in [0.2, 0.25) is 0 Å². The third-order valence-corrected chi connectivity index (χ3v) is 3.27. The summed E-state index contributed by atoms with van der Waals surface area (Å²) < 4.78 is 1.89. The SMILES string of the molecule is Cn1nc(-c2cc3nccnc3[nH]2)c2ccccc21. The molecule has 0 radical (unpaired) electrons. The third kappa shape index (κ3) is 1.45. The summed E-state index contributed by atoms with van der Waals surface area (Å²) in [6.07, 6.45) is 3.37. The van der Waals surface area contributed by atoms with E-state index in [1.165, 1.54) is 0 Å². The van der Waals surface area contributed by atoms with Crippen molar-refractivity contribution < 1.29 is 0 Å². The molecular weight excluding hydrogens is 238 g/mol. The molecule has 19 heavy (non-hydrogen) atoms. The molecule has 0 saturated carbocycles. The molecule has 0 aliphatic heterocycles. The fourth-order valence-electron chi connectivity index (χ4n) is 2.39. The van der Waals surface area contributed by atoms with Crippen LogP contribution in [0.5, 0.6) is 0 Å². The first-order valence-electron chi connectivity index (χ1n) is 6.05. The number of fused-ring (bicyclic) bond motifs is 2. The molecule has 0 bridgehead atoms. The number of hydrogen-bond acceptors (Lipinski definition) is 3. The van der Waals surface area contributed by atoms with Crippen molar-refractivity contribution in [1.82, 2.24) is 24.7 Å². The summed E-state index contributed by atoms with van der Waals surface area (Å²) in [7, 11) is 1.95. The lowest BCUT2D eigenvalue weighted by Crippen LogP contribution is -1.89. The van der Waals surface area contributed by atoms with Gasteiger partial charge in [0.25, 0.3) is 0 Å². The molecule has 3 heterocycles. The van der Waals surface area contributed by atoms with Crippen LogP contribution in [0.1, 0.15) is 0 Å². The van der Waals surface area contributed by atoms with Gasteiger partial charge in [0, 0.05) is 24.8 Å². The van der Waals surface area contributed by atoms with Crippen molar-refractivity contribution in [2.75, 3.05) is 0 Å². The molecule has 0 aliphatic carbocycles. The van der Waals surface area contributed by atoms with Crippen LogP contribution < -0.4 is 0 Å². The predicted molar refractivity (Wildman–Crippen MR) is 73.6 cm³/mol. The van der Waals surface area contributed by atoms with E-state index >= 15 is 0 Å². The highest BCUT2D eigenvalue weighted by Crippen LogP contribution is 2.28. The summed E-state index contributed by atoms with van der Waals surface area (Å²) in [5, 5.41) is 5.71. The lowest BCUT2D eigenvalue weighted by Gasteiger charge is -1.92. The zero-order valence-electron chi connectivity index (χ0n) is 10.3. The van der Waals surface area contributed by atoms with Gasteiger partial charge in [-0.2, -0.15) is 5.10 Å². The number of aryl methyl sites for hydroxylation is 1. The molecule has 1 aromatic carbocycles. The van der Waals surface area contributed by atoms with E-state index in [2.05, 4.69) is 32.2 Å². The van der Waals surface area contributed by atoms with Crippen LogP contribution in [0.3, 0.4) is 0 Å². The van der Waals surface area contributed by atoms with Crippen molar-refractivity contribution >= 4 is 22.1 Å². The highest BCUT2D eigenvalue weighted by molar-refractivity contribution is 5.94. The van der Waals surface area contributed by atoms with Crippen molar-refractivity contribution in [3.63, 3.8) is 0 Å². The fourth-order valence-corrected chi connectivity index (χ4v) is 2.39. The Morgan fingerprint density at radius 3 is 2.84 bits per heavy atom. The van der Waals surface area contributed by atoms with Crippen LogP contribution in [-0.4, -0.2) is 24.7 Å². The van der Waals surface area contributed by atoms with E-state index in [0.29, 0.717) is 0 Å². The Hall–Kier alpha value is -2.69. The summed E-state index contributed by atoms with van der Waals surface area (Å²) in [5.41, 5.74) is 4.62. The number of nitrogens with zero attached hydrogens (tertiary/aromatic N) is 4. The topological polar surface area (TPSA) is 59.4 Å². The zero-order chi connectivity index (χ0) is 12.8. The highest BCUT2D eigenvalue weighted by atomic mass is 15.3. The Kier molecular flexibility index (Phi) is 1.97. The number of rotatable bonds is 1. The zero-order valence-corrected chi connectivity index (χ0v) is 10.3. The maximum Gasteiger partial charge on any atom is 0.156 e. The lowest BCUT2D eigenvalue weighted by atomic mass is 10.2. The van der Waals surface area contributed by atoms with E-state index in [1.54, 1.807) is 12.4 Å². The number of aromatic amines is 1. The average molecular weight is 249 g/mol. The number of aromatic nitrogens is 5. The Balaban J connectivity index is 2.04. The van der Waals surface area contributed by atoms with Crippen LogP contribution in [0.4, 0.5) is 0 Å². The first-order valence-corrected chi connectivity index (χ1v) is 6.05. The molecule has 0 unspecified atom stereocenters. The minimum absolute atomic E-state index is 0.784. The Morgan fingerprint density at radius 2 is 1.95 bits per heavy atom. The summed E-state index contributed by atoms with van der Waals surface area (Å²) in [6.45, 7) is 0. The molecule has 0 aliphatic rings. The maximum absolute atomic E-state index is 4.59. The molecule has 0 spiro atoms. The van der Waals surface area contributed by atoms with Crippen molar-refractivity contribution in [2.24, 2.45) is 7.05 Å². The molecule has 0 fully saturated rings. The Bertz CT molecular complexity index is 854. The van der Waals surface area contributed by atoms with Gasteiger partial charge in [-0.05, 0) is 12.1 Å². The van der Waals surface area contributed by atoms with Gasteiger partial charge < -0.3 is 4.98 Å². The van der Waals surface area contributed by atoms with Gasteiger partial charge in [0.1, 0.15) is 11.2 Å². The molecule has 1 N–H and O–H groups in total. The van der Waals surface area contributed by atoms with Gasteiger partial charge in [-0.1, -0.05) is 18.2 Å². The van der Waals surface area contributed by atoms with E-state index in [0.717, 1.165) is 33.5 Å². The Labute approximate surface area is 108 Å². The van der Waals surface area contributed by atoms with Gasteiger partial charge in [-0.25, -0.2) is 4.98 Å². The number of nitrogens with one attached hydrogen (secondary N) is 1. The Morgan fingerprint density at radius 1 is 1.11 bits per heavy atom. The molecule has 5 nitrogen and oxygen atoms in total. The number of H-pyrrole nitrogens is 1. The summed E-state index contributed by atoms with van der Waals surface area (Å²) in [5.74, 6) is 0. The minimum atomic E-state index is 0.784. The quantitative estimate of drug-likeness (QED) is 0.564. The van der Waals surface area contributed by atoms with Crippen molar-refractivity contribution in [3.8, 4) is 11.4 Å². The molecule has 0 amide bonds. The minimum Gasteiger partial charge on any atom is -0.337 e. The third-order valence-electron chi connectivity index (χ3n) is 3.27. The molecule has 92 valence electrons. The van der Waals surface area contributed by atoms with E-state index < -0.39 is 0 Å². The van der Waals surface area contributed by atoms with E-state index in [4.69, 9.17) is 0 Å². The van der Waals surface area contributed by atoms with E-state index in [1.807, 2.05) is 29.9 Å². The van der Waals surface area contributed by atoms with Crippen LogP contribution in [0.25, 0.3) is 33.5 Å². The van der Waals surface area contributed by atoms with Gasteiger partial charge in [0.15, 0.2) is 5.65 Å². The van der Waals surface area contributed by atoms with Gasteiger partial charge >= 0.3 is 0 Å². The van der Waals surface area contributed by atoms with Gasteiger partial charge in [0.2, 0.25) is 0 Å². The van der Waals surface area contributed by atoms with Crippen LogP contribution >= 0.6 is 0 Å². The van der Waals surface area contributed by atoms with Crippen molar-refractivity contribution in [2.45, 2.75) is 0 Å². The smallest absolute Gasteiger partial charge is 0.156 e. The summed E-state index contributed by atoms with van der Waals surface area (Å²) >= 11 is 0. The van der Waals surface area contributed by atoms with E-state index in [9.17, 15) is 0 Å². The van der Waals surface area contributed by atoms with Crippen molar-refractivity contribution in [3.05, 3.63) is 42.7 Å². The summed E-state index contributed by atoms with van der Waals surface area (Å²) in [6, 6.07) is 10.2. The van der Waals surface area contributed by atoms with Crippen molar-refractivity contribution in [1.29, 1.82) is 0 Å². The highest BCUT2D eigenvalue weighted by Gasteiger charge is 2.12. The second kappa shape index (κ2) is 3.65. The lowest BCUT2D eigenvalue weighted by molar-refractivity contribution is 0.800. The average Bonchev–Trinajstić information content (AvgIpc) is 3.01. The summed E-state index contributed by atoms with van der Waals surface area (Å²) in [4.78, 5) is 11.8. The molecule has 0 saturated heterocycles. The van der Waals surface area contributed by atoms with Gasteiger partial charge in [0.05, 0.1) is 11.2 Å². The molecular formula is C14H11N5. The number of para-hydroxylation sites is 1. The second-order valence-electron chi connectivity index (χ2n) is 4.46. The normalized spacial score (nSPS) is 11.4. The van der Waals surface area contributed by atoms with Crippen LogP contribution in [-0.2, 0) is 7.05 Å². The number of benzene rings is 1. The van der Waals surface area contributed by atoms with Gasteiger partial charge in [-0.15, -0.1) is 0 Å². The monoisotopic (exact) mass is 249 g/mol. The molecule has 4 rings (SSSR count). The maximum atomic E-state index is 4.59. The van der Waals surface area contributed by atoms with Crippen LogP contribution in [0.15, 0.2) is 42.7 Å². The molecule has 3 aromatic heterocycles. The largest absolute Gasteiger partial charge is 0.337 e. The molecule has 4 aromatic rings. The van der Waals surface area contributed by atoms with Crippen LogP contribution in [0, 0.1) is 0 Å². The predicted octanol–water partition coefficient (Wildman–Crippen LogP) is 2.51. The second-order valence-corrected chi connectivity index (χ2v) is 4.46. The van der Waals surface area contributed by atoms with Gasteiger partial charge in [-0.3, -0.25) is 9.67 Å². The van der Waals surface area contributed by atoms with E-state index in [-0.39, 0.29) is 0 Å². The molecule has 0 atom stereocenters. The first kappa shape index (κ1) is 10.3. The fraction of sp³-hybridized carbons (Fsp3) is 0.0714. The molecule has 5 heteroatoms.